The van der Waals surface area contributed by atoms with Crippen LogP contribution in [0.2, 0.25) is 0 Å². The molecular formula is C17H27FIN3OS. The van der Waals surface area contributed by atoms with Gasteiger partial charge in [0, 0.05) is 25.4 Å². The lowest BCUT2D eigenvalue weighted by Crippen LogP contribution is -2.51. The van der Waals surface area contributed by atoms with Crippen molar-refractivity contribution in [3.8, 4) is 0 Å². The molecule has 1 aromatic carbocycles. The SMILES string of the molecule is CN=C(NCC(C)SC)N1CC(C)OC(c2ccc(F)cc2)C1.I. The van der Waals surface area contributed by atoms with Gasteiger partial charge in [-0.25, -0.2) is 4.39 Å². The summed E-state index contributed by atoms with van der Waals surface area (Å²) in [6.45, 7) is 6.63. The number of rotatable bonds is 4. The largest absolute Gasteiger partial charge is 0.367 e. The van der Waals surface area contributed by atoms with Crippen LogP contribution in [0.15, 0.2) is 29.3 Å². The van der Waals surface area contributed by atoms with Gasteiger partial charge in [-0.1, -0.05) is 19.1 Å². The van der Waals surface area contributed by atoms with Gasteiger partial charge >= 0.3 is 0 Å². The van der Waals surface area contributed by atoms with Crippen molar-refractivity contribution in [1.29, 1.82) is 0 Å². The van der Waals surface area contributed by atoms with Crippen LogP contribution in [0.3, 0.4) is 0 Å². The van der Waals surface area contributed by atoms with Crippen LogP contribution in [0.4, 0.5) is 4.39 Å². The molecule has 0 spiro atoms. The van der Waals surface area contributed by atoms with E-state index in [1.807, 2.05) is 11.8 Å². The van der Waals surface area contributed by atoms with Crippen molar-refractivity contribution in [3.63, 3.8) is 0 Å². The Hall–Kier alpha value is -0.540. The molecule has 0 aromatic heterocycles. The number of aliphatic imine (C=N–C) groups is 1. The van der Waals surface area contributed by atoms with Crippen molar-refractivity contribution in [3.05, 3.63) is 35.6 Å². The molecule has 7 heteroatoms. The van der Waals surface area contributed by atoms with E-state index in [0.29, 0.717) is 11.8 Å². The molecule has 24 heavy (non-hydrogen) atoms. The summed E-state index contributed by atoms with van der Waals surface area (Å²) in [4.78, 5) is 6.62. The van der Waals surface area contributed by atoms with Gasteiger partial charge in [0.15, 0.2) is 5.96 Å². The first-order valence-corrected chi connectivity index (χ1v) is 9.21. The molecule has 3 atom stereocenters. The summed E-state index contributed by atoms with van der Waals surface area (Å²) in [7, 11) is 1.80. The number of halogens is 2. The molecule has 0 radical (unpaired) electrons. The fourth-order valence-electron chi connectivity index (χ4n) is 2.64. The highest BCUT2D eigenvalue weighted by Gasteiger charge is 2.28. The van der Waals surface area contributed by atoms with E-state index in [9.17, 15) is 4.39 Å². The molecule has 3 unspecified atom stereocenters. The van der Waals surface area contributed by atoms with E-state index in [-0.39, 0.29) is 42.0 Å². The Balaban J connectivity index is 0.00000288. The molecule has 136 valence electrons. The number of thioether (sulfide) groups is 1. The molecule has 0 aliphatic carbocycles. The Bertz CT molecular complexity index is 529. The maximum absolute atomic E-state index is 13.1. The number of hydrogen-bond acceptors (Lipinski definition) is 3. The molecule has 1 N–H and O–H groups in total. The fraction of sp³-hybridized carbons (Fsp3) is 0.588. The van der Waals surface area contributed by atoms with Crippen molar-refractivity contribution in [2.75, 3.05) is 32.9 Å². The van der Waals surface area contributed by atoms with Crippen LogP contribution in [0, 0.1) is 5.82 Å². The second-order valence-corrected chi connectivity index (χ2v) is 7.14. The summed E-state index contributed by atoms with van der Waals surface area (Å²) in [5.41, 5.74) is 0.996. The van der Waals surface area contributed by atoms with Gasteiger partial charge in [-0.15, -0.1) is 24.0 Å². The highest BCUT2D eigenvalue weighted by atomic mass is 127. The third-order valence-corrected chi connectivity index (χ3v) is 4.93. The molecule has 1 heterocycles. The zero-order chi connectivity index (χ0) is 16.8. The third kappa shape index (κ3) is 6.07. The second-order valence-electron chi connectivity index (χ2n) is 5.87. The number of nitrogens with zero attached hydrogens (tertiary/aromatic N) is 2. The third-order valence-electron chi connectivity index (χ3n) is 3.96. The first-order chi connectivity index (χ1) is 11.0. The summed E-state index contributed by atoms with van der Waals surface area (Å²) in [5, 5.41) is 3.96. The molecule has 0 amide bonds. The molecule has 1 aliphatic rings. The van der Waals surface area contributed by atoms with Gasteiger partial charge in [0.05, 0.1) is 12.6 Å². The first-order valence-electron chi connectivity index (χ1n) is 7.92. The van der Waals surface area contributed by atoms with E-state index < -0.39 is 0 Å². The van der Waals surface area contributed by atoms with E-state index in [4.69, 9.17) is 4.74 Å². The number of morpholine rings is 1. The van der Waals surface area contributed by atoms with Crippen LogP contribution in [-0.2, 0) is 4.74 Å². The zero-order valence-corrected chi connectivity index (χ0v) is 17.8. The normalized spacial score (nSPS) is 22.7. The lowest BCUT2D eigenvalue weighted by atomic mass is 10.1. The molecule has 1 aromatic rings. The molecular weight excluding hydrogens is 440 g/mol. The van der Waals surface area contributed by atoms with E-state index in [2.05, 4.69) is 35.3 Å². The molecule has 4 nitrogen and oxygen atoms in total. The molecule has 2 rings (SSSR count). The van der Waals surface area contributed by atoms with Crippen LogP contribution in [0.5, 0.6) is 0 Å². The van der Waals surface area contributed by atoms with Crippen LogP contribution >= 0.6 is 35.7 Å². The van der Waals surface area contributed by atoms with E-state index >= 15 is 0 Å². The van der Waals surface area contributed by atoms with Crippen LogP contribution in [0.25, 0.3) is 0 Å². The van der Waals surface area contributed by atoms with Crippen molar-refractivity contribution in [2.45, 2.75) is 31.3 Å². The standard InChI is InChI=1S/C17H26FN3OS.HI/c1-12-10-21(17(19-3)20-9-13(2)23-4)11-16(22-12)14-5-7-15(18)8-6-14;/h5-8,12-13,16H,9-11H2,1-4H3,(H,19,20);1H. The minimum absolute atomic E-state index is 0. The Morgan fingerprint density at radius 3 is 2.67 bits per heavy atom. The average molecular weight is 467 g/mol. The highest BCUT2D eigenvalue weighted by molar-refractivity contribution is 14.0. The van der Waals surface area contributed by atoms with Crippen molar-refractivity contribution in [1.82, 2.24) is 10.2 Å². The summed E-state index contributed by atoms with van der Waals surface area (Å²) >= 11 is 1.83. The highest BCUT2D eigenvalue weighted by Crippen LogP contribution is 2.25. The van der Waals surface area contributed by atoms with E-state index in [1.54, 1.807) is 19.2 Å². The maximum atomic E-state index is 13.1. The molecule has 1 saturated heterocycles. The summed E-state index contributed by atoms with van der Waals surface area (Å²) in [5.74, 6) is 0.672. The van der Waals surface area contributed by atoms with Crippen LogP contribution in [-0.4, -0.2) is 55.2 Å². The number of ether oxygens (including phenoxy) is 1. The van der Waals surface area contributed by atoms with E-state index in [1.165, 1.54) is 12.1 Å². The maximum Gasteiger partial charge on any atom is 0.193 e. The molecule has 1 aliphatic heterocycles. The van der Waals surface area contributed by atoms with Crippen molar-refractivity contribution >= 4 is 41.7 Å². The Morgan fingerprint density at radius 2 is 2.08 bits per heavy atom. The summed E-state index contributed by atoms with van der Waals surface area (Å²) < 4.78 is 19.2. The minimum atomic E-state index is -0.224. The van der Waals surface area contributed by atoms with Gasteiger partial charge in [0.25, 0.3) is 0 Å². The fourth-order valence-corrected chi connectivity index (χ4v) is 2.89. The summed E-state index contributed by atoms with van der Waals surface area (Å²) in [6.07, 6.45) is 2.13. The quantitative estimate of drug-likeness (QED) is 0.418. The van der Waals surface area contributed by atoms with Gasteiger partial charge < -0.3 is 15.0 Å². The first kappa shape index (κ1) is 21.5. The van der Waals surface area contributed by atoms with Gasteiger partial charge in [0.1, 0.15) is 11.9 Å². The van der Waals surface area contributed by atoms with E-state index in [0.717, 1.165) is 24.6 Å². The number of hydrogen-bond donors (Lipinski definition) is 1. The summed E-state index contributed by atoms with van der Waals surface area (Å²) in [6, 6.07) is 6.55. The van der Waals surface area contributed by atoms with Crippen molar-refractivity contribution in [2.24, 2.45) is 4.99 Å². The Labute approximate surface area is 165 Å². The average Bonchev–Trinajstić information content (AvgIpc) is 2.55. The molecule has 0 bridgehead atoms. The smallest absolute Gasteiger partial charge is 0.193 e. The van der Waals surface area contributed by atoms with Gasteiger partial charge in [-0.05, 0) is 30.9 Å². The Morgan fingerprint density at radius 1 is 1.42 bits per heavy atom. The minimum Gasteiger partial charge on any atom is -0.367 e. The topological polar surface area (TPSA) is 36.9 Å². The zero-order valence-electron chi connectivity index (χ0n) is 14.7. The van der Waals surface area contributed by atoms with Gasteiger partial charge in [0.2, 0.25) is 0 Å². The predicted molar refractivity (Wildman–Crippen MR) is 111 cm³/mol. The lowest BCUT2D eigenvalue weighted by Gasteiger charge is -2.39. The van der Waals surface area contributed by atoms with Crippen LogP contribution < -0.4 is 5.32 Å². The van der Waals surface area contributed by atoms with Crippen molar-refractivity contribution < 1.29 is 9.13 Å². The van der Waals surface area contributed by atoms with Gasteiger partial charge in [-0.2, -0.15) is 11.8 Å². The number of guanidine groups is 1. The second kappa shape index (κ2) is 10.5. The number of benzene rings is 1. The van der Waals surface area contributed by atoms with Gasteiger partial charge in [-0.3, -0.25) is 4.99 Å². The molecule has 1 fully saturated rings. The molecule has 0 saturated carbocycles. The monoisotopic (exact) mass is 467 g/mol. The Kier molecular flexibility index (Phi) is 9.36. The number of nitrogens with one attached hydrogen (secondary N) is 1. The predicted octanol–water partition coefficient (Wildman–Crippen LogP) is 3.53. The van der Waals surface area contributed by atoms with Crippen LogP contribution in [0.1, 0.15) is 25.5 Å². The lowest BCUT2D eigenvalue weighted by molar-refractivity contribution is -0.0604.